The van der Waals surface area contributed by atoms with Gasteiger partial charge in [-0.15, -0.1) is 0 Å². The van der Waals surface area contributed by atoms with Crippen LogP contribution in [0, 0.1) is 6.92 Å². The lowest BCUT2D eigenvalue weighted by molar-refractivity contribution is 0.746. The first kappa shape index (κ1) is 7.72. The molecule has 1 aromatic heterocycles. The molecule has 0 unspecified atom stereocenters. The van der Waals surface area contributed by atoms with Gasteiger partial charge in [-0.05, 0) is 6.92 Å². The summed E-state index contributed by atoms with van der Waals surface area (Å²) >= 11 is 0. The molecule has 0 aliphatic carbocycles. The van der Waals surface area contributed by atoms with Crippen molar-refractivity contribution in [1.29, 1.82) is 0 Å². The van der Waals surface area contributed by atoms with Crippen LogP contribution in [0.15, 0.2) is 19.2 Å². The van der Waals surface area contributed by atoms with Crippen LogP contribution in [0.2, 0.25) is 0 Å². The van der Waals surface area contributed by atoms with Gasteiger partial charge in [0.25, 0.3) is 0 Å². The van der Waals surface area contributed by atoms with Crippen molar-refractivity contribution in [3.8, 4) is 0 Å². The largest absolute Gasteiger partial charge is 0.249 e. The SMILES string of the molecule is C=CC(=C)c1nc(C)nn1C. The van der Waals surface area contributed by atoms with E-state index in [0.29, 0.717) is 0 Å². The Morgan fingerprint density at radius 2 is 2.27 bits per heavy atom. The van der Waals surface area contributed by atoms with Crippen LogP contribution in [-0.2, 0) is 7.05 Å². The molecule has 0 fully saturated rings. The smallest absolute Gasteiger partial charge is 0.157 e. The second kappa shape index (κ2) is 2.70. The zero-order valence-corrected chi connectivity index (χ0v) is 6.83. The third-order valence-corrected chi connectivity index (χ3v) is 1.40. The maximum atomic E-state index is 4.16. The highest BCUT2D eigenvalue weighted by molar-refractivity contribution is 5.66. The van der Waals surface area contributed by atoms with E-state index < -0.39 is 0 Å². The van der Waals surface area contributed by atoms with Crippen LogP contribution >= 0.6 is 0 Å². The Hall–Kier alpha value is -1.38. The normalized spacial score (nSPS) is 9.64. The molecule has 3 nitrogen and oxygen atoms in total. The summed E-state index contributed by atoms with van der Waals surface area (Å²) in [5.41, 5.74) is 0.799. The van der Waals surface area contributed by atoms with Gasteiger partial charge in [-0.3, -0.25) is 0 Å². The van der Waals surface area contributed by atoms with Crippen LogP contribution < -0.4 is 0 Å². The van der Waals surface area contributed by atoms with E-state index in [9.17, 15) is 0 Å². The molecular weight excluding hydrogens is 138 g/mol. The van der Waals surface area contributed by atoms with E-state index in [-0.39, 0.29) is 0 Å². The molecule has 0 aliphatic heterocycles. The second-order valence-corrected chi connectivity index (χ2v) is 2.34. The van der Waals surface area contributed by atoms with E-state index >= 15 is 0 Å². The van der Waals surface area contributed by atoms with Gasteiger partial charge in [-0.1, -0.05) is 19.2 Å². The van der Waals surface area contributed by atoms with Crippen molar-refractivity contribution in [2.24, 2.45) is 7.05 Å². The molecule has 3 heteroatoms. The van der Waals surface area contributed by atoms with Gasteiger partial charge < -0.3 is 0 Å². The number of aromatic nitrogens is 3. The van der Waals surface area contributed by atoms with Crippen molar-refractivity contribution in [2.75, 3.05) is 0 Å². The Morgan fingerprint density at radius 3 is 2.64 bits per heavy atom. The van der Waals surface area contributed by atoms with Gasteiger partial charge in [0.1, 0.15) is 5.82 Å². The number of allylic oxidation sites excluding steroid dienone is 2. The van der Waals surface area contributed by atoms with Crippen molar-refractivity contribution in [3.05, 3.63) is 30.9 Å². The monoisotopic (exact) mass is 149 g/mol. The van der Waals surface area contributed by atoms with E-state index in [4.69, 9.17) is 0 Å². The molecule has 1 heterocycles. The van der Waals surface area contributed by atoms with E-state index in [0.717, 1.165) is 17.2 Å². The highest BCUT2D eigenvalue weighted by Crippen LogP contribution is 2.08. The van der Waals surface area contributed by atoms with Crippen molar-refractivity contribution in [1.82, 2.24) is 14.8 Å². The minimum absolute atomic E-state index is 0.755. The molecule has 0 bridgehead atoms. The summed E-state index contributed by atoms with van der Waals surface area (Å²) in [5.74, 6) is 1.53. The fourth-order valence-electron chi connectivity index (χ4n) is 0.883. The van der Waals surface area contributed by atoms with Crippen molar-refractivity contribution in [3.63, 3.8) is 0 Å². The van der Waals surface area contributed by atoms with Gasteiger partial charge >= 0.3 is 0 Å². The summed E-state index contributed by atoms with van der Waals surface area (Å²) in [7, 11) is 1.84. The molecule has 0 radical (unpaired) electrons. The van der Waals surface area contributed by atoms with Crippen molar-refractivity contribution in [2.45, 2.75) is 6.92 Å². The van der Waals surface area contributed by atoms with Crippen molar-refractivity contribution < 1.29 is 0 Å². The number of nitrogens with zero attached hydrogens (tertiary/aromatic N) is 3. The van der Waals surface area contributed by atoms with Crippen LogP contribution in [0.25, 0.3) is 5.57 Å². The van der Waals surface area contributed by atoms with Gasteiger partial charge in [0.05, 0.1) is 0 Å². The highest BCUT2D eigenvalue weighted by Gasteiger charge is 2.03. The average Bonchev–Trinajstić information content (AvgIpc) is 2.28. The lowest BCUT2D eigenvalue weighted by Crippen LogP contribution is -1.96. The van der Waals surface area contributed by atoms with Crippen LogP contribution in [-0.4, -0.2) is 14.8 Å². The Labute approximate surface area is 66.1 Å². The fraction of sp³-hybridized carbons (Fsp3) is 0.250. The van der Waals surface area contributed by atoms with Crippen LogP contribution in [0.4, 0.5) is 0 Å². The Morgan fingerprint density at radius 1 is 1.64 bits per heavy atom. The highest BCUT2D eigenvalue weighted by atomic mass is 15.3. The van der Waals surface area contributed by atoms with Crippen LogP contribution in [0.3, 0.4) is 0 Å². The van der Waals surface area contributed by atoms with Gasteiger partial charge in [0, 0.05) is 12.6 Å². The molecule has 58 valence electrons. The number of hydrogen-bond donors (Lipinski definition) is 0. The summed E-state index contributed by atoms with van der Waals surface area (Å²) in [6.07, 6.45) is 1.67. The molecule has 0 aromatic carbocycles. The summed E-state index contributed by atoms with van der Waals surface area (Å²) < 4.78 is 1.69. The molecule has 0 saturated carbocycles. The third-order valence-electron chi connectivity index (χ3n) is 1.40. The third kappa shape index (κ3) is 1.37. The topological polar surface area (TPSA) is 30.7 Å². The molecule has 0 spiro atoms. The summed E-state index contributed by atoms with van der Waals surface area (Å²) in [6.45, 7) is 9.23. The summed E-state index contributed by atoms with van der Waals surface area (Å²) in [5, 5.41) is 4.08. The molecule has 0 saturated heterocycles. The minimum Gasteiger partial charge on any atom is -0.249 e. The minimum atomic E-state index is 0.755. The molecule has 11 heavy (non-hydrogen) atoms. The zero-order valence-electron chi connectivity index (χ0n) is 6.83. The molecular formula is C8H11N3. The Balaban J connectivity index is 3.12. The van der Waals surface area contributed by atoms with E-state index in [2.05, 4.69) is 23.2 Å². The summed E-state index contributed by atoms with van der Waals surface area (Å²) in [4.78, 5) is 4.16. The Kier molecular flexibility index (Phi) is 1.89. The molecule has 1 aromatic rings. The molecule has 0 amide bonds. The van der Waals surface area contributed by atoms with Gasteiger partial charge in [0.2, 0.25) is 0 Å². The molecule has 0 aliphatic rings. The van der Waals surface area contributed by atoms with E-state index in [1.54, 1.807) is 10.8 Å². The summed E-state index contributed by atoms with van der Waals surface area (Å²) in [6, 6.07) is 0. The quantitative estimate of drug-likeness (QED) is 0.594. The first-order chi connectivity index (χ1) is 5.15. The lowest BCUT2D eigenvalue weighted by atomic mass is 10.3. The first-order valence-corrected chi connectivity index (χ1v) is 3.34. The van der Waals surface area contributed by atoms with Gasteiger partial charge in [-0.25, -0.2) is 9.67 Å². The second-order valence-electron chi connectivity index (χ2n) is 2.34. The number of rotatable bonds is 2. The molecule has 0 atom stereocenters. The Bertz CT molecular complexity index is 296. The van der Waals surface area contributed by atoms with Crippen LogP contribution in [0.5, 0.6) is 0 Å². The lowest BCUT2D eigenvalue weighted by Gasteiger charge is -1.95. The first-order valence-electron chi connectivity index (χ1n) is 3.34. The van der Waals surface area contributed by atoms with Crippen molar-refractivity contribution >= 4 is 5.57 Å². The predicted molar refractivity (Wildman–Crippen MR) is 45.0 cm³/mol. The van der Waals surface area contributed by atoms with Gasteiger partial charge in [0.15, 0.2) is 5.82 Å². The molecule has 0 N–H and O–H groups in total. The maximum absolute atomic E-state index is 4.16. The van der Waals surface area contributed by atoms with E-state index in [1.807, 2.05) is 14.0 Å². The fourth-order valence-corrected chi connectivity index (χ4v) is 0.883. The standard InChI is InChI=1S/C8H11N3/c1-5-6(2)8-9-7(3)10-11(8)4/h5H,1-2H2,3-4H3. The van der Waals surface area contributed by atoms with Crippen LogP contribution in [0.1, 0.15) is 11.6 Å². The van der Waals surface area contributed by atoms with E-state index in [1.165, 1.54) is 0 Å². The average molecular weight is 149 g/mol. The predicted octanol–water partition coefficient (Wildman–Crippen LogP) is 1.32. The van der Waals surface area contributed by atoms with Gasteiger partial charge in [-0.2, -0.15) is 5.10 Å². The molecule has 1 rings (SSSR count). The maximum Gasteiger partial charge on any atom is 0.157 e. The zero-order chi connectivity index (χ0) is 8.43. The number of hydrogen-bond acceptors (Lipinski definition) is 2. The number of aryl methyl sites for hydroxylation is 2.